The third-order valence-corrected chi connectivity index (χ3v) is 1.18. The Morgan fingerprint density at radius 2 is 1.25 bits per heavy atom. The molecule has 0 saturated carbocycles. The van der Waals surface area contributed by atoms with Crippen molar-refractivity contribution in [3.63, 3.8) is 0 Å². The van der Waals surface area contributed by atoms with Crippen molar-refractivity contribution in [2.24, 2.45) is 0 Å². The summed E-state index contributed by atoms with van der Waals surface area (Å²) in [6.07, 6.45) is -19.8. The maximum absolute atomic E-state index is 11.5. The van der Waals surface area contributed by atoms with Crippen molar-refractivity contribution in [2.45, 2.75) is 24.9 Å². The molecule has 1 atom stereocenters. The topological polar surface area (TPSA) is 0 Å². The summed E-state index contributed by atoms with van der Waals surface area (Å²) >= 11 is 0. The molecule has 0 amide bonds. The van der Waals surface area contributed by atoms with Gasteiger partial charge >= 0.3 is 12.4 Å². The fourth-order valence-corrected chi connectivity index (χ4v) is 0.417. The van der Waals surface area contributed by atoms with E-state index in [1.807, 2.05) is 0 Å². The number of halogens is 12. The molecule has 0 radical (unpaired) electrons. The lowest BCUT2D eigenvalue weighted by Gasteiger charge is -2.07. The van der Waals surface area contributed by atoms with E-state index in [4.69, 9.17) is 0 Å². The minimum atomic E-state index is -5.37. The van der Waals surface area contributed by atoms with Crippen molar-refractivity contribution < 1.29 is 52.7 Å². The van der Waals surface area contributed by atoms with Crippen LogP contribution in [0.1, 0.15) is 0 Å². The van der Waals surface area contributed by atoms with Gasteiger partial charge in [0.2, 0.25) is 12.0 Å². The molecular weight excluding hydrogens is 324 g/mol. The summed E-state index contributed by atoms with van der Waals surface area (Å²) in [5.74, 6) is -5.23. The van der Waals surface area contributed by atoms with E-state index < -0.39 is 49.0 Å². The number of alkyl halides is 9. The smallest absolute Gasteiger partial charge is 0.229 e. The highest BCUT2D eigenvalue weighted by Crippen LogP contribution is 2.29. The highest BCUT2D eigenvalue weighted by Gasteiger charge is 2.43. The maximum Gasteiger partial charge on any atom is 0.442 e. The lowest BCUT2D eigenvalue weighted by atomic mass is 10.3. The van der Waals surface area contributed by atoms with E-state index in [-0.39, 0.29) is 0 Å². The van der Waals surface area contributed by atoms with E-state index in [1.54, 1.807) is 0 Å². The zero-order chi connectivity index (χ0) is 16.7. The summed E-state index contributed by atoms with van der Waals surface area (Å²) in [5, 5.41) is 0. The summed E-state index contributed by atoms with van der Waals surface area (Å²) in [6.45, 7) is 0. The molecule has 0 nitrogen and oxygen atoms in total. The molecule has 0 aliphatic carbocycles. The van der Waals surface area contributed by atoms with Crippen LogP contribution in [0.4, 0.5) is 52.7 Å². The van der Waals surface area contributed by atoms with Crippen LogP contribution in [0.5, 0.6) is 0 Å². The quantitative estimate of drug-likeness (QED) is 0.601. The molecule has 0 spiro atoms. The zero-order valence-electron chi connectivity index (χ0n) is 8.84. The zero-order valence-corrected chi connectivity index (χ0v) is 8.84. The average Bonchev–Trinajstić information content (AvgIpc) is 2.24. The minimum Gasteiger partial charge on any atom is -0.229 e. The van der Waals surface area contributed by atoms with E-state index in [0.717, 1.165) is 0 Å². The van der Waals surface area contributed by atoms with Crippen LogP contribution in [-0.4, -0.2) is 24.9 Å². The van der Waals surface area contributed by atoms with E-state index in [0.29, 0.717) is 0 Å². The Hall–Kier alpha value is -1.36. The molecule has 0 aromatic carbocycles. The van der Waals surface area contributed by atoms with Crippen molar-refractivity contribution in [3.8, 4) is 0 Å². The molecule has 0 aliphatic heterocycles. The van der Waals surface area contributed by atoms with Gasteiger partial charge in [-0.15, -0.1) is 0 Å². The molecule has 0 saturated heterocycles. The largest absolute Gasteiger partial charge is 0.442 e. The molecule has 0 rings (SSSR count). The molecule has 0 aromatic heterocycles. The minimum absolute atomic E-state index is 0.792. The van der Waals surface area contributed by atoms with E-state index in [9.17, 15) is 52.7 Å². The first-order chi connectivity index (χ1) is 8.73. The number of allylic oxidation sites excluding steroid dienone is 3. The van der Waals surface area contributed by atoms with Crippen LogP contribution in [0.25, 0.3) is 0 Å². The summed E-state index contributed by atoms with van der Waals surface area (Å²) in [7, 11) is 0. The van der Waals surface area contributed by atoms with Gasteiger partial charge in [-0.1, -0.05) is 0 Å². The van der Waals surface area contributed by atoms with Crippen LogP contribution < -0.4 is 0 Å². The first-order valence-electron chi connectivity index (χ1n) is 4.12. The molecular formula is C8H4F12. The van der Waals surface area contributed by atoms with Gasteiger partial charge in [0.05, 0.1) is 0 Å². The van der Waals surface area contributed by atoms with Gasteiger partial charge in [-0.05, 0) is 0 Å². The van der Waals surface area contributed by atoms with Crippen LogP contribution in [0.2, 0.25) is 0 Å². The molecule has 0 bridgehead atoms. The van der Waals surface area contributed by atoms with Gasteiger partial charge < -0.3 is 0 Å². The van der Waals surface area contributed by atoms with Gasteiger partial charge in [0.15, 0.2) is 5.83 Å². The molecule has 0 N–H and O–H groups in total. The Morgan fingerprint density at radius 3 is 1.35 bits per heavy atom. The Bertz CT molecular complexity index is 332. The van der Waals surface area contributed by atoms with Crippen molar-refractivity contribution >= 4 is 0 Å². The predicted octanol–water partition coefficient (Wildman–Crippen LogP) is 5.33. The molecule has 0 aliphatic rings. The second-order valence-electron chi connectivity index (χ2n) is 2.74. The standard InChI is InChI=1S/2C4H2F6/c5-1-2(6)3(7)4(8,9)10;5-2(1-3(6)7)4(8,9)10/h2*1,3H/b;2-1-. The van der Waals surface area contributed by atoms with Gasteiger partial charge in [-0.25, -0.2) is 26.3 Å². The monoisotopic (exact) mass is 328 g/mol. The molecule has 20 heavy (non-hydrogen) atoms. The number of rotatable bonds is 2. The van der Waals surface area contributed by atoms with Gasteiger partial charge in [-0.2, -0.15) is 26.3 Å². The second-order valence-corrected chi connectivity index (χ2v) is 2.74. The van der Waals surface area contributed by atoms with Crippen molar-refractivity contribution in [1.29, 1.82) is 0 Å². The highest BCUT2D eigenvalue weighted by atomic mass is 19.4. The predicted molar refractivity (Wildman–Crippen MR) is 42.5 cm³/mol. The van der Waals surface area contributed by atoms with E-state index in [1.165, 1.54) is 0 Å². The third kappa shape index (κ3) is 9.55. The number of hydrogen-bond acceptors (Lipinski definition) is 0. The first kappa shape index (κ1) is 20.9. The Morgan fingerprint density at radius 1 is 0.850 bits per heavy atom. The van der Waals surface area contributed by atoms with Gasteiger partial charge in [0, 0.05) is 6.08 Å². The molecule has 1 unspecified atom stereocenters. The van der Waals surface area contributed by atoms with Crippen LogP contribution in [-0.2, 0) is 0 Å². The molecule has 0 heterocycles. The third-order valence-electron chi connectivity index (χ3n) is 1.18. The normalized spacial score (nSPS) is 15.8. The molecule has 12 heteroatoms. The van der Waals surface area contributed by atoms with E-state index >= 15 is 0 Å². The molecule has 0 fully saturated rings. The van der Waals surface area contributed by atoms with Crippen molar-refractivity contribution in [1.82, 2.24) is 0 Å². The van der Waals surface area contributed by atoms with E-state index in [2.05, 4.69) is 0 Å². The van der Waals surface area contributed by atoms with Gasteiger partial charge in [-0.3, -0.25) is 0 Å². The Balaban J connectivity index is 0. The second kappa shape index (κ2) is 8.04. The van der Waals surface area contributed by atoms with Gasteiger partial charge in [0.1, 0.15) is 6.33 Å². The van der Waals surface area contributed by atoms with Crippen LogP contribution in [0.3, 0.4) is 0 Å². The Labute approximate surface area is 103 Å². The first-order valence-corrected chi connectivity index (χ1v) is 4.12. The molecule has 0 aromatic rings. The van der Waals surface area contributed by atoms with Crippen molar-refractivity contribution in [2.75, 3.05) is 0 Å². The lowest BCUT2D eigenvalue weighted by Crippen LogP contribution is -2.24. The fourth-order valence-electron chi connectivity index (χ4n) is 0.417. The van der Waals surface area contributed by atoms with Gasteiger partial charge in [0.25, 0.3) is 6.43 Å². The summed E-state index contributed by atoms with van der Waals surface area (Å²) in [5.41, 5.74) is 0. The van der Waals surface area contributed by atoms with Crippen LogP contribution >= 0.6 is 0 Å². The number of hydrogen-bond donors (Lipinski definition) is 0. The fraction of sp³-hybridized carbons (Fsp3) is 0.500. The average molecular weight is 328 g/mol. The SMILES string of the molecule is F/C(=C\C(F)F)C(F)(F)F.FC=C(F)C(F)C(F)(F)F. The van der Waals surface area contributed by atoms with Crippen LogP contribution in [0.15, 0.2) is 24.1 Å². The highest BCUT2D eigenvalue weighted by molar-refractivity contribution is 5.00. The summed E-state index contributed by atoms with van der Waals surface area (Å²) in [4.78, 5) is 0. The van der Waals surface area contributed by atoms with Crippen molar-refractivity contribution in [3.05, 3.63) is 24.1 Å². The Kier molecular flexibility index (Phi) is 8.43. The lowest BCUT2D eigenvalue weighted by molar-refractivity contribution is -0.173. The molecule has 120 valence electrons. The maximum atomic E-state index is 11.5. The summed E-state index contributed by atoms with van der Waals surface area (Å²) < 4.78 is 134. The van der Waals surface area contributed by atoms with Crippen LogP contribution in [0, 0.1) is 0 Å². The summed E-state index contributed by atoms with van der Waals surface area (Å²) in [6, 6.07) is 0.